The van der Waals surface area contributed by atoms with Crippen molar-refractivity contribution in [2.45, 2.75) is 30.6 Å². The maximum absolute atomic E-state index is 5.95. The molecular formula is C9H18ClNOS. The van der Waals surface area contributed by atoms with Gasteiger partial charge >= 0.3 is 0 Å². The number of thioether (sulfide) groups is 1. The van der Waals surface area contributed by atoms with Crippen molar-refractivity contribution < 1.29 is 4.74 Å². The maximum atomic E-state index is 5.95. The molecule has 1 N–H and O–H groups in total. The quantitative estimate of drug-likeness (QED) is 0.679. The van der Waals surface area contributed by atoms with Crippen LogP contribution in [0.3, 0.4) is 0 Å². The third-order valence-corrected chi connectivity index (χ3v) is 4.18. The van der Waals surface area contributed by atoms with Crippen molar-refractivity contribution in [2.24, 2.45) is 0 Å². The van der Waals surface area contributed by atoms with Crippen LogP contribution in [0.1, 0.15) is 25.7 Å². The Morgan fingerprint density at radius 2 is 1.92 bits per heavy atom. The predicted molar refractivity (Wildman–Crippen MR) is 59.7 cm³/mol. The van der Waals surface area contributed by atoms with Crippen LogP contribution in [-0.4, -0.2) is 30.4 Å². The molecule has 13 heavy (non-hydrogen) atoms. The topological polar surface area (TPSA) is 21.3 Å². The van der Waals surface area contributed by atoms with Crippen LogP contribution < -0.4 is 5.32 Å². The summed E-state index contributed by atoms with van der Waals surface area (Å²) >= 11 is 2.05. The van der Waals surface area contributed by atoms with Crippen molar-refractivity contribution >= 4 is 24.2 Å². The van der Waals surface area contributed by atoms with Gasteiger partial charge in [0.05, 0.1) is 0 Å². The summed E-state index contributed by atoms with van der Waals surface area (Å²) in [5.74, 6) is 1.29. The second kappa shape index (κ2) is 5.44. The van der Waals surface area contributed by atoms with Crippen LogP contribution in [0.5, 0.6) is 0 Å². The van der Waals surface area contributed by atoms with E-state index in [1.54, 1.807) is 0 Å². The number of nitrogens with one attached hydrogen (secondary N) is 1. The molecule has 1 spiro atoms. The first-order valence-electron chi connectivity index (χ1n) is 4.90. The van der Waals surface area contributed by atoms with Gasteiger partial charge in [0.2, 0.25) is 0 Å². The largest absolute Gasteiger partial charge is 0.364 e. The summed E-state index contributed by atoms with van der Waals surface area (Å²) in [6, 6.07) is 0. The highest BCUT2D eigenvalue weighted by Gasteiger charge is 2.34. The first-order valence-corrected chi connectivity index (χ1v) is 5.89. The Bertz CT molecular complexity index is 141. The van der Waals surface area contributed by atoms with Gasteiger partial charge < -0.3 is 10.1 Å². The van der Waals surface area contributed by atoms with Gasteiger partial charge in [-0.15, -0.1) is 24.2 Å². The van der Waals surface area contributed by atoms with Crippen LogP contribution in [-0.2, 0) is 4.74 Å². The highest BCUT2D eigenvalue weighted by Crippen LogP contribution is 2.37. The van der Waals surface area contributed by atoms with E-state index in [2.05, 4.69) is 5.32 Å². The predicted octanol–water partition coefficient (Wildman–Crippen LogP) is 2.03. The molecule has 0 saturated carbocycles. The molecule has 0 bridgehead atoms. The zero-order chi connectivity index (χ0) is 8.28. The van der Waals surface area contributed by atoms with Crippen LogP contribution in [0.25, 0.3) is 0 Å². The van der Waals surface area contributed by atoms with Crippen molar-refractivity contribution in [3.05, 3.63) is 0 Å². The van der Waals surface area contributed by atoms with Gasteiger partial charge in [-0.25, -0.2) is 0 Å². The molecule has 0 aliphatic carbocycles. The minimum atomic E-state index is 0. The highest BCUT2D eigenvalue weighted by molar-refractivity contribution is 8.00. The monoisotopic (exact) mass is 223 g/mol. The van der Waals surface area contributed by atoms with Crippen molar-refractivity contribution in [1.82, 2.24) is 5.32 Å². The van der Waals surface area contributed by atoms with E-state index in [9.17, 15) is 0 Å². The molecule has 2 aliphatic heterocycles. The van der Waals surface area contributed by atoms with Crippen molar-refractivity contribution in [2.75, 3.05) is 25.4 Å². The van der Waals surface area contributed by atoms with E-state index >= 15 is 0 Å². The van der Waals surface area contributed by atoms with Crippen molar-refractivity contribution in [3.63, 3.8) is 0 Å². The van der Waals surface area contributed by atoms with Crippen LogP contribution in [0.15, 0.2) is 0 Å². The standard InChI is InChI=1S/C9H17NOS.ClH/c1-2-8-12-9(11-7-1)3-5-10-6-4-9;/h10H,1-8H2;1H. The average molecular weight is 224 g/mol. The molecule has 2 saturated heterocycles. The normalized spacial score (nSPS) is 27.7. The van der Waals surface area contributed by atoms with Crippen LogP contribution in [0.4, 0.5) is 0 Å². The molecule has 0 unspecified atom stereocenters. The van der Waals surface area contributed by atoms with Gasteiger partial charge in [-0.1, -0.05) is 0 Å². The van der Waals surface area contributed by atoms with Gasteiger partial charge in [0.15, 0.2) is 0 Å². The Labute approximate surface area is 90.6 Å². The summed E-state index contributed by atoms with van der Waals surface area (Å²) in [5.41, 5.74) is 0. The van der Waals surface area contributed by atoms with Gasteiger partial charge in [0.1, 0.15) is 4.93 Å². The molecule has 0 aromatic carbocycles. The fourth-order valence-corrected chi connectivity index (χ4v) is 3.24. The number of halogens is 1. The van der Waals surface area contributed by atoms with Crippen molar-refractivity contribution in [1.29, 1.82) is 0 Å². The SMILES string of the molecule is C1CCSC2(CCNCC2)OC1.Cl. The lowest BCUT2D eigenvalue weighted by atomic mass is 10.1. The highest BCUT2D eigenvalue weighted by atomic mass is 35.5. The van der Waals surface area contributed by atoms with E-state index in [0.717, 1.165) is 19.7 Å². The molecule has 0 atom stereocenters. The van der Waals surface area contributed by atoms with E-state index in [0.29, 0.717) is 0 Å². The molecule has 78 valence electrons. The maximum Gasteiger partial charge on any atom is 0.116 e. The van der Waals surface area contributed by atoms with E-state index in [-0.39, 0.29) is 17.3 Å². The van der Waals surface area contributed by atoms with Gasteiger partial charge in [0, 0.05) is 6.61 Å². The van der Waals surface area contributed by atoms with Crippen LogP contribution in [0, 0.1) is 0 Å². The number of hydrogen-bond donors (Lipinski definition) is 1. The molecule has 2 fully saturated rings. The fourth-order valence-electron chi connectivity index (χ4n) is 1.86. The second-order valence-corrected chi connectivity index (χ2v) is 5.01. The van der Waals surface area contributed by atoms with Gasteiger partial charge in [-0.05, 0) is 44.5 Å². The van der Waals surface area contributed by atoms with E-state index in [4.69, 9.17) is 4.74 Å². The Kier molecular flexibility index (Phi) is 4.87. The lowest BCUT2D eigenvalue weighted by Gasteiger charge is -2.35. The Morgan fingerprint density at radius 3 is 2.69 bits per heavy atom. The first kappa shape index (κ1) is 11.6. The summed E-state index contributed by atoms with van der Waals surface area (Å²) in [6.07, 6.45) is 4.97. The second-order valence-electron chi connectivity index (χ2n) is 3.56. The minimum Gasteiger partial charge on any atom is -0.364 e. The van der Waals surface area contributed by atoms with Gasteiger partial charge in [0.25, 0.3) is 0 Å². The molecule has 2 nitrogen and oxygen atoms in total. The molecule has 0 aromatic rings. The van der Waals surface area contributed by atoms with E-state index in [1.807, 2.05) is 11.8 Å². The average Bonchev–Trinajstić information content (AvgIpc) is 2.33. The third kappa shape index (κ3) is 3.01. The summed E-state index contributed by atoms with van der Waals surface area (Å²) < 4.78 is 5.95. The molecule has 0 amide bonds. The Morgan fingerprint density at radius 1 is 1.15 bits per heavy atom. The summed E-state index contributed by atoms with van der Waals surface area (Å²) in [4.78, 5) is 0.196. The number of ether oxygens (including phenoxy) is 1. The third-order valence-electron chi connectivity index (χ3n) is 2.63. The Hall–Kier alpha value is 0.560. The molecule has 2 heterocycles. The van der Waals surface area contributed by atoms with Gasteiger partial charge in [-0.3, -0.25) is 0 Å². The molecular weight excluding hydrogens is 206 g/mol. The lowest BCUT2D eigenvalue weighted by Crippen LogP contribution is -2.41. The first-order chi connectivity index (χ1) is 5.91. The molecule has 4 heteroatoms. The zero-order valence-electron chi connectivity index (χ0n) is 7.88. The minimum absolute atomic E-state index is 0. The van der Waals surface area contributed by atoms with E-state index in [1.165, 1.54) is 31.4 Å². The number of piperidine rings is 1. The van der Waals surface area contributed by atoms with Crippen molar-refractivity contribution in [3.8, 4) is 0 Å². The zero-order valence-corrected chi connectivity index (χ0v) is 9.51. The summed E-state index contributed by atoms with van der Waals surface area (Å²) in [5, 5.41) is 3.38. The molecule has 2 aliphatic rings. The number of hydrogen-bond acceptors (Lipinski definition) is 3. The summed E-state index contributed by atoms with van der Waals surface area (Å²) in [7, 11) is 0. The molecule has 2 rings (SSSR count). The van der Waals surface area contributed by atoms with E-state index < -0.39 is 0 Å². The Balaban J connectivity index is 0.000000845. The van der Waals surface area contributed by atoms with Crippen LogP contribution in [0.2, 0.25) is 0 Å². The lowest BCUT2D eigenvalue weighted by molar-refractivity contribution is 0.00718. The fraction of sp³-hybridized carbons (Fsp3) is 1.00. The smallest absolute Gasteiger partial charge is 0.116 e. The molecule has 0 aromatic heterocycles. The van der Waals surface area contributed by atoms with Crippen LogP contribution >= 0.6 is 24.2 Å². The number of rotatable bonds is 0. The van der Waals surface area contributed by atoms with Gasteiger partial charge in [-0.2, -0.15) is 0 Å². The summed E-state index contributed by atoms with van der Waals surface area (Å²) in [6.45, 7) is 3.24. The molecule has 0 radical (unpaired) electrons.